The van der Waals surface area contributed by atoms with E-state index in [1.54, 1.807) is 12.1 Å². The largest absolute Gasteiger partial charge is 0.495 e. The van der Waals surface area contributed by atoms with Crippen LogP contribution in [-0.4, -0.2) is 38.8 Å². The Kier molecular flexibility index (Phi) is 6.74. The molecule has 6 nitrogen and oxygen atoms in total. The maximum Gasteiger partial charge on any atom is 0.246 e. The molecule has 0 atom stereocenters. The SMILES string of the molecule is COc1ccc(NC(=O)Cc2ccc(Br)cc2)cc1S(=O)(=O)N1CCCCC1. The van der Waals surface area contributed by atoms with Crippen molar-refractivity contribution in [3.05, 3.63) is 52.5 Å². The van der Waals surface area contributed by atoms with Crippen LogP contribution in [0.2, 0.25) is 0 Å². The normalized spacial score (nSPS) is 15.2. The summed E-state index contributed by atoms with van der Waals surface area (Å²) >= 11 is 3.36. The molecule has 3 rings (SSSR count). The van der Waals surface area contributed by atoms with Crippen LogP contribution in [0.3, 0.4) is 0 Å². The molecule has 2 aromatic rings. The number of methoxy groups -OCH3 is 1. The lowest BCUT2D eigenvalue weighted by atomic mass is 10.1. The highest BCUT2D eigenvalue weighted by atomic mass is 79.9. The fraction of sp³-hybridized carbons (Fsp3) is 0.350. The Morgan fingerprint density at radius 2 is 1.79 bits per heavy atom. The van der Waals surface area contributed by atoms with Crippen molar-refractivity contribution < 1.29 is 17.9 Å². The lowest BCUT2D eigenvalue weighted by Crippen LogP contribution is -2.35. The van der Waals surface area contributed by atoms with E-state index in [1.807, 2.05) is 24.3 Å². The molecule has 0 bridgehead atoms. The number of hydrogen-bond acceptors (Lipinski definition) is 4. The molecule has 0 radical (unpaired) electrons. The van der Waals surface area contributed by atoms with Gasteiger partial charge in [0.15, 0.2) is 0 Å². The summed E-state index contributed by atoms with van der Waals surface area (Å²) in [5.41, 5.74) is 1.30. The maximum absolute atomic E-state index is 13.1. The van der Waals surface area contributed by atoms with Crippen LogP contribution in [0.5, 0.6) is 5.75 Å². The summed E-state index contributed by atoms with van der Waals surface area (Å²) in [6, 6.07) is 12.2. The van der Waals surface area contributed by atoms with E-state index in [9.17, 15) is 13.2 Å². The Labute approximate surface area is 174 Å². The number of carbonyl (C=O) groups is 1. The van der Waals surface area contributed by atoms with E-state index in [0.717, 1.165) is 29.3 Å². The molecule has 0 saturated carbocycles. The quantitative estimate of drug-likeness (QED) is 0.701. The Morgan fingerprint density at radius 3 is 2.43 bits per heavy atom. The number of hydrogen-bond donors (Lipinski definition) is 1. The van der Waals surface area contributed by atoms with Crippen molar-refractivity contribution in [3.63, 3.8) is 0 Å². The number of piperidine rings is 1. The highest BCUT2D eigenvalue weighted by Crippen LogP contribution is 2.31. The minimum atomic E-state index is -3.67. The van der Waals surface area contributed by atoms with E-state index in [4.69, 9.17) is 4.74 Å². The number of ether oxygens (including phenoxy) is 1. The van der Waals surface area contributed by atoms with Gasteiger partial charge in [0.2, 0.25) is 15.9 Å². The highest BCUT2D eigenvalue weighted by Gasteiger charge is 2.29. The van der Waals surface area contributed by atoms with Crippen LogP contribution in [0.15, 0.2) is 51.8 Å². The molecule has 150 valence electrons. The van der Waals surface area contributed by atoms with Crippen molar-refractivity contribution in [2.24, 2.45) is 0 Å². The van der Waals surface area contributed by atoms with Gasteiger partial charge in [-0.3, -0.25) is 4.79 Å². The summed E-state index contributed by atoms with van der Waals surface area (Å²) in [4.78, 5) is 12.5. The lowest BCUT2D eigenvalue weighted by Gasteiger charge is -2.26. The monoisotopic (exact) mass is 466 g/mol. The molecule has 0 aromatic heterocycles. The average molecular weight is 467 g/mol. The van der Waals surface area contributed by atoms with E-state index in [1.165, 1.54) is 17.5 Å². The van der Waals surface area contributed by atoms with Crippen LogP contribution in [0, 0.1) is 0 Å². The summed E-state index contributed by atoms with van der Waals surface area (Å²) in [6.07, 6.45) is 2.94. The number of nitrogens with one attached hydrogen (secondary N) is 1. The average Bonchev–Trinajstić information content (AvgIpc) is 2.70. The molecule has 1 fully saturated rings. The van der Waals surface area contributed by atoms with Crippen molar-refractivity contribution in [3.8, 4) is 5.75 Å². The van der Waals surface area contributed by atoms with E-state index in [0.29, 0.717) is 18.8 Å². The van der Waals surface area contributed by atoms with Crippen LogP contribution in [0.1, 0.15) is 24.8 Å². The van der Waals surface area contributed by atoms with Crippen LogP contribution in [-0.2, 0) is 21.2 Å². The standard InChI is InChI=1S/C20H23BrN2O4S/c1-27-18-10-9-17(22-20(24)13-15-5-7-16(21)8-6-15)14-19(18)28(25,26)23-11-3-2-4-12-23/h5-10,14H,2-4,11-13H2,1H3,(H,22,24). The summed E-state index contributed by atoms with van der Waals surface area (Å²) in [6.45, 7) is 1.01. The molecule has 1 N–H and O–H groups in total. The van der Waals surface area contributed by atoms with Crippen LogP contribution in [0.4, 0.5) is 5.69 Å². The van der Waals surface area contributed by atoms with Crippen molar-refractivity contribution >= 4 is 37.5 Å². The van der Waals surface area contributed by atoms with E-state index in [2.05, 4.69) is 21.2 Å². The van der Waals surface area contributed by atoms with E-state index < -0.39 is 10.0 Å². The van der Waals surface area contributed by atoms with Gasteiger partial charge in [0.25, 0.3) is 0 Å². The second kappa shape index (κ2) is 9.07. The van der Waals surface area contributed by atoms with Gasteiger partial charge in [-0.1, -0.05) is 34.5 Å². The molecule has 8 heteroatoms. The van der Waals surface area contributed by atoms with Gasteiger partial charge in [-0.05, 0) is 48.7 Å². The first-order valence-electron chi connectivity index (χ1n) is 9.12. The van der Waals surface area contributed by atoms with Crippen molar-refractivity contribution in [2.75, 3.05) is 25.5 Å². The zero-order valence-electron chi connectivity index (χ0n) is 15.7. The van der Waals surface area contributed by atoms with Crippen LogP contribution in [0.25, 0.3) is 0 Å². The molecule has 1 saturated heterocycles. The molecular weight excluding hydrogens is 444 g/mol. The molecule has 1 aliphatic heterocycles. The molecule has 1 heterocycles. The Hall–Kier alpha value is -1.90. The smallest absolute Gasteiger partial charge is 0.246 e. The topological polar surface area (TPSA) is 75.7 Å². The molecule has 0 spiro atoms. The highest BCUT2D eigenvalue weighted by molar-refractivity contribution is 9.10. The third kappa shape index (κ3) is 4.92. The van der Waals surface area contributed by atoms with Gasteiger partial charge in [0.1, 0.15) is 10.6 Å². The molecular formula is C20H23BrN2O4S. The Morgan fingerprint density at radius 1 is 1.11 bits per heavy atom. The first kappa shape index (κ1) is 20.8. The third-order valence-electron chi connectivity index (χ3n) is 4.66. The minimum absolute atomic E-state index is 0.0818. The Bertz CT molecular complexity index is 939. The van der Waals surface area contributed by atoms with Gasteiger partial charge in [0, 0.05) is 23.2 Å². The number of anilines is 1. The first-order chi connectivity index (χ1) is 13.4. The predicted octanol–water partition coefficient (Wildman–Crippen LogP) is 3.81. The number of benzene rings is 2. The molecule has 0 aliphatic carbocycles. The number of amides is 1. The first-order valence-corrected chi connectivity index (χ1v) is 11.4. The molecule has 1 amide bonds. The Balaban J connectivity index is 1.80. The second-order valence-electron chi connectivity index (χ2n) is 6.68. The number of rotatable bonds is 6. The molecule has 2 aromatic carbocycles. The zero-order chi connectivity index (χ0) is 20.1. The summed E-state index contributed by atoms with van der Waals surface area (Å²) in [5.74, 6) is 0.0605. The van der Waals surface area contributed by atoms with Gasteiger partial charge in [-0.2, -0.15) is 4.31 Å². The second-order valence-corrected chi connectivity index (χ2v) is 9.50. The predicted molar refractivity (Wildman–Crippen MR) is 112 cm³/mol. The van der Waals surface area contributed by atoms with Gasteiger partial charge >= 0.3 is 0 Å². The maximum atomic E-state index is 13.1. The molecule has 28 heavy (non-hydrogen) atoms. The van der Waals surface area contributed by atoms with E-state index >= 15 is 0 Å². The fourth-order valence-electron chi connectivity index (χ4n) is 3.19. The van der Waals surface area contributed by atoms with Gasteiger partial charge in [0.05, 0.1) is 13.5 Å². The number of sulfonamides is 1. The van der Waals surface area contributed by atoms with Gasteiger partial charge < -0.3 is 10.1 Å². The van der Waals surface area contributed by atoms with Crippen molar-refractivity contribution in [2.45, 2.75) is 30.6 Å². The number of carbonyl (C=O) groups excluding carboxylic acids is 1. The lowest BCUT2D eigenvalue weighted by molar-refractivity contribution is -0.115. The van der Waals surface area contributed by atoms with Gasteiger partial charge in [-0.15, -0.1) is 0 Å². The van der Waals surface area contributed by atoms with Crippen molar-refractivity contribution in [1.82, 2.24) is 4.31 Å². The third-order valence-corrected chi connectivity index (χ3v) is 7.11. The number of halogens is 1. The zero-order valence-corrected chi connectivity index (χ0v) is 18.1. The molecule has 1 aliphatic rings. The summed E-state index contributed by atoms with van der Waals surface area (Å²) in [7, 11) is -2.23. The van der Waals surface area contributed by atoms with Crippen LogP contribution < -0.4 is 10.1 Å². The van der Waals surface area contributed by atoms with E-state index in [-0.39, 0.29) is 23.0 Å². The molecule has 0 unspecified atom stereocenters. The van der Waals surface area contributed by atoms with Gasteiger partial charge in [-0.25, -0.2) is 8.42 Å². The van der Waals surface area contributed by atoms with Crippen LogP contribution >= 0.6 is 15.9 Å². The minimum Gasteiger partial charge on any atom is -0.495 e. The van der Waals surface area contributed by atoms with Crippen molar-refractivity contribution in [1.29, 1.82) is 0 Å². The summed E-state index contributed by atoms with van der Waals surface area (Å²) in [5, 5.41) is 2.78. The fourth-order valence-corrected chi connectivity index (χ4v) is 5.16. The number of nitrogens with zero attached hydrogens (tertiary/aromatic N) is 1. The summed E-state index contributed by atoms with van der Waals surface area (Å²) < 4.78 is 33.8.